The molecule has 1 aliphatic rings. The quantitative estimate of drug-likeness (QED) is 0.823. The van der Waals surface area contributed by atoms with Crippen LogP contribution in [0.2, 0.25) is 0 Å². The van der Waals surface area contributed by atoms with E-state index in [0.717, 1.165) is 49.3 Å². The van der Waals surface area contributed by atoms with Crippen LogP contribution in [0.3, 0.4) is 0 Å². The molecule has 1 unspecified atom stereocenters. The normalized spacial score (nSPS) is 17.3. The molecule has 2 N–H and O–H groups in total. The van der Waals surface area contributed by atoms with Gasteiger partial charge in [0.15, 0.2) is 0 Å². The maximum absolute atomic E-state index is 12.4. The van der Waals surface area contributed by atoms with Crippen molar-refractivity contribution in [1.82, 2.24) is 4.90 Å². The number of nitrogens with one attached hydrogen (secondary N) is 2. The molecule has 2 aromatic carbocycles. The van der Waals surface area contributed by atoms with E-state index in [0.29, 0.717) is 6.42 Å². The molecule has 0 aliphatic carbocycles. The van der Waals surface area contributed by atoms with Gasteiger partial charge in [0, 0.05) is 24.3 Å². The van der Waals surface area contributed by atoms with Crippen molar-refractivity contribution in [3.8, 4) is 0 Å². The van der Waals surface area contributed by atoms with Crippen LogP contribution in [-0.4, -0.2) is 36.9 Å². The molecule has 3 rings (SSSR count). The number of anilines is 2. The Labute approximate surface area is 160 Å². The van der Waals surface area contributed by atoms with E-state index in [1.165, 1.54) is 0 Å². The van der Waals surface area contributed by atoms with E-state index < -0.39 is 0 Å². The van der Waals surface area contributed by atoms with E-state index in [-0.39, 0.29) is 17.7 Å². The number of amides is 2. The third kappa shape index (κ3) is 5.93. The first-order valence-electron chi connectivity index (χ1n) is 9.53. The predicted molar refractivity (Wildman–Crippen MR) is 109 cm³/mol. The lowest BCUT2D eigenvalue weighted by molar-refractivity contribution is -0.121. The maximum Gasteiger partial charge on any atom is 0.228 e. The minimum absolute atomic E-state index is 0.0131. The summed E-state index contributed by atoms with van der Waals surface area (Å²) in [6.07, 6.45) is 3.16. The molecular weight excluding hydrogens is 338 g/mol. The van der Waals surface area contributed by atoms with Crippen LogP contribution in [0.15, 0.2) is 54.6 Å². The first-order chi connectivity index (χ1) is 13.1. The standard InChI is InChI=1S/C22H27N3O2/c1-25-15-5-8-18(16-25)22(27)24-20-12-10-19(11-13-20)23-21(26)14-9-17-6-3-2-4-7-17/h2-4,6-7,10-13,18H,5,8-9,14-16H2,1H3,(H,23,26)(H,24,27). The lowest BCUT2D eigenvalue weighted by Gasteiger charge is -2.28. The monoisotopic (exact) mass is 365 g/mol. The molecule has 5 heteroatoms. The van der Waals surface area contributed by atoms with Crippen molar-refractivity contribution in [3.63, 3.8) is 0 Å². The molecule has 2 amide bonds. The Hall–Kier alpha value is -2.66. The highest BCUT2D eigenvalue weighted by Crippen LogP contribution is 2.19. The molecule has 2 aromatic rings. The molecule has 142 valence electrons. The van der Waals surface area contributed by atoms with Crippen molar-refractivity contribution < 1.29 is 9.59 Å². The average molecular weight is 365 g/mol. The molecule has 0 radical (unpaired) electrons. The molecule has 0 saturated carbocycles. The first-order valence-corrected chi connectivity index (χ1v) is 9.53. The molecule has 0 bridgehead atoms. The van der Waals surface area contributed by atoms with Crippen LogP contribution in [0.5, 0.6) is 0 Å². The molecule has 1 heterocycles. The summed E-state index contributed by atoms with van der Waals surface area (Å²) in [5, 5.41) is 5.88. The van der Waals surface area contributed by atoms with Crippen molar-refractivity contribution in [2.45, 2.75) is 25.7 Å². The summed E-state index contributed by atoms with van der Waals surface area (Å²) in [6.45, 7) is 1.86. The largest absolute Gasteiger partial charge is 0.326 e. The molecule has 1 saturated heterocycles. The van der Waals surface area contributed by atoms with Gasteiger partial charge in [0.2, 0.25) is 11.8 Å². The average Bonchev–Trinajstić information content (AvgIpc) is 2.69. The van der Waals surface area contributed by atoms with E-state index in [2.05, 4.69) is 22.6 Å². The highest BCUT2D eigenvalue weighted by molar-refractivity contribution is 5.94. The summed E-state index contributed by atoms with van der Waals surface area (Å²) >= 11 is 0. The SMILES string of the molecule is CN1CCCC(C(=O)Nc2ccc(NC(=O)CCc3ccccc3)cc2)C1. The van der Waals surface area contributed by atoms with Crippen molar-refractivity contribution in [2.75, 3.05) is 30.8 Å². The molecule has 0 aromatic heterocycles. The third-order valence-electron chi connectivity index (χ3n) is 4.92. The molecule has 1 fully saturated rings. The molecular formula is C22H27N3O2. The van der Waals surface area contributed by atoms with Gasteiger partial charge in [-0.25, -0.2) is 0 Å². The molecule has 1 atom stereocenters. The summed E-state index contributed by atoms with van der Waals surface area (Å²) in [6, 6.07) is 17.3. The smallest absolute Gasteiger partial charge is 0.228 e. The van der Waals surface area contributed by atoms with Gasteiger partial charge in [-0.05, 0) is 62.7 Å². The minimum Gasteiger partial charge on any atom is -0.326 e. The van der Waals surface area contributed by atoms with Crippen LogP contribution < -0.4 is 10.6 Å². The molecule has 5 nitrogen and oxygen atoms in total. The number of carbonyl (C=O) groups excluding carboxylic acids is 2. The van der Waals surface area contributed by atoms with Gasteiger partial charge in [-0.3, -0.25) is 9.59 Å². The second-order valence-corrected chi connectivity index (χ2v) is 7.20. The summed E-state index contributed by atoms with van der Waals surface area (Å²) < 4.78 is 0. The Bertz CT molecular complexity index is 759. The molecule has 27 heavy (non-hydrogen) atoms. The van der Waals surface area contributed by atoms with Crippen molar-refractivity contribution in [1.29, 1.82) is 0 Å². The lowest BCUT2D eigenvalue weighted by atomic mass is 9.97. The van der Waals surface area contributed by atoms with E-state index in [1.54, 1.807) is 0 Å². The zero-order valence-corrected chi connectivity index (χ0v) is 15.8. The van der Waals surface area contributed by atoms with Crippen molar-refractivity contribution in [2.24, 2.45) is 5.92 Å². The summed E-state index contributed by atoms with van der Waals surface area (Å²) in [4.78, 5) is 26.7. The Morgan fingerprint density at radius 1 is 1.00 bits per heavy atom. The number of rotatable bonds is 6. The van der Waals surface area contributed by atoms with Crippen LogP contribution in [0.1, 0.15) is 24.8 Å². The van der Waals surface area contributed by atoms with Crippen LogP contribution in [-0.2, 0) is 16.0 Å². The maximum atomic E-state index is 12.4. The topological polar surface area (TPSA) is 61.4 Å². The number of likely N-dealkylation sites (tertiary alicyclic amines) is 1. The van der Waals surface area contributed by atoms with E-state index >= 15 is 0 Å². The fraction of sp³-hybridized carbons (Fsp3) is 0.364. The zero-order chi connectivity index (χ0) is 19.1. The van der Waals surface area contributed by atoms with Crippen LogP contribution >= 0.6 is 0 Å². The Morgan fingerprint density at radius 2 is 1.67 bits per heavy atom. The van der Waals surface area contributed by atoms with Gasteiger partial charge < -0.3 is 15.5 Å². The van der Waals surface area contributed by atoms with Crippen LogP contribution in [0, 0.1) is 5.92 Å². The number of hydrogen-bond donors (Lipinski definition) is 2. The van der Waals surface area contributed by atoms with Gasteiger partial charge in [0.05, 0.1) is 5.92 Å². The fourth-order valence-electron chi connectivity index (χ4n) is 3.39. The van der Waals surface area contributed by atoms with Gasteiger partial charge >= 0.3 is 0 Å². The van der Waals surface area contributed by atoms with Gasteiger partial charge in [-0.2, -0.15) is 0 Å². The van der Waals surface area contributed by atoms with Crippen molar-refractivity contribution >= 4 is 23.2 Å². The zero-order valence-electron chi connectivity index (χ0n) is 15.8. The number of benzene rings is 2. The number of piperidine rings is 1. The number of hydrogen-bond acceptors (Lipinski definition) is 3. The highest BCUT2D eigenvalue weighted by atomic mass is 16.2. The fourth-order valence-corrected chi connectivity index (χ4v) is 3.39. The summed E-state index contributed by atoms with van der Waals surface area (Å²) in [7, 11) is 2.05. The summed E-state index contributed by atoms with van der Waals surface area (Å²) in [5.41, 5.74) is 2.65. The Morgan fingerprint density at radius 3 is 2.33 bits per heavy atom. The molecule has 1 aliphatic heterocycles. The van der Waals surface area contributed by atoms with Gasteiger partial charge in [0.1, 0.15) is 0 Å². The Kier molecular flexibility index (Phi) is 6.60. The Balaban J connectivity index is 1.46. The van der Waals surface area contributed by atoms with Crippen molar-refractivity contribution in [3.05, 3.63) is 60.2 Å². The third-order valence-corrected chi connectivity index (χ3v) is 4.92. The summed E-state index contributed by atoms with van der Waals surface area (Å²) in [5.74, 6) is 0.100. The van der Waals surface area contributed by atoms with E-state index in [1.807, 2.05) is 54.6 Å². The van der Waals surface area contributed by atoms with Gasteiger partial charge in [-0.1, -0.05) is 30.3 Å². The van der Waals surface area contributed by atoms with Crippen LogP contribution in [0.4, 0.5) is 11.4 Å². The number of aryl methyl sites for hydroxylation is 1. The van der Waals surface area contributed by atoms with Gasteiger partial charge in [0.25, 0.3) is 0 Å². The number of nitrogens with zero attached hydrogens (tertiary/aromatic N) is 1. The minimum atomic E-state index is -0.0131. The molecule has 0 spiro atoms. The number of carbonyl (C=O) groups is 2. The lowest BCUT2D eigenvalue weighted by Crippen LogP contribution is -2.38. The van der Waals surface area contributed by atoms with E-state index in [9.17, 15) is 9.59 Å². The second kappa shape index (κ2) is 9.33. The van der Waals surface area contributed by atoms with Crippen LogP contribution in [0.25, 0.3) is 0 Å². The van der Waals surface area contributed by atoms with Gasteiger partial charge in [-0.15, -0.1) is 0 Å². The first kappa shape index (κ1) is 19.1. The van der Waals surface area contributed by atoms with E-state index in [4.69, 9.17) is 0 Å². The second-order valence-electron chi connectivity index (χ2n) is 7.20. The predicted octanol–water partition coefficient (Wildman–Crippen LogP) is 3.54. The highest BCUT2D eigenvalue weighted by Gasteiger charge is 2.23.